The Morgan fingerprint density at radius 3 is 3.06 bits per heavy atom. The van der Waals surface area contributed by atoms with Gasteiger partial charge in [0.15, 0.2) is 5.12 Å². The van der Waals surface area contributed by atoms with Crippen molar-refractivity contribution in [3.05, 3.63) is 36.1 Å². The minimum absolute atomic E-state index is 0.139. The molecule has 2 nitrogen and oxygen atoms in total. The van der Waals surface area contributed by atoms with Gasteiger partial charge in [-0.05, 0) is 12.1 Å². The molecule has 2 aromatic rings. The first-order chi connectivity index (χ1) is 8.27. The molecule has 0 spiro atoms. The molecule has 0 radical (unpaired) electrons. The molecule has 0 N–H and O–H groups in total. The van der Waals surface area contributed by atoms with Gasteiger partial charge in [-0.1, -0.05) is 35.7 Å². The fraction of sp³-hybridized carbons (Fsp3) is 0.214. The van der Waals surface area contributed by atoms with Crippen LogP contribution in [0.15, 0.2) is 34.9 Å². The van der Waals surface area contributed by atoms with Gasteiger partial charge in [-0.3, -0.25) is 4.79 Å². The van der Waals surface area contributed by atoms with Gasteiger partial charge in [0.2, 0.25) is 0 Å². The second-order valence-electron chi connectivity index (χ2n) is 3.54. The first-order valence-electron chi connectivity index (χ1n) is 5.36. The molecule has 0 unspecified atom stereocenters. The summed E-state index contributed by atoms with van der Waals surface area (Å²) in [6.45, 7) is 1.57. The molecular formula is C14H12O2S. The Bertz CT molecular complexity index is 587. The van der Waals surface area contributed by atoms with E-state index in [-0.39, 0.29) is 5.12 Å². The van der Waals surface area contributed by atoms with Crippen molar-refractivity contribution in [3.8, 4) is 11.8 Å². The Kier molecular flexibility index (Phi) is 3.89. The minimum atomic E-state index is 0.139. The lowest BCUT2D eigenvalue weighted by Gasteiger charge is -1.88. The van der Waals surface area contributed by atoms with Crippen LogP contribution in [0.25, 0.3) is 11.0 Å². The van der Waals surface area contributed by atoms with Gasteiger partial charge >= 0.3 is 0 Å². The summed E-state index contributed by atoms with van der Waals surface area (Å²) < 4.78 is 5.38. The van der Waals surface area contributed by atoms with E-state index in [1.54, 1.807) is 13.2 Å². The third kappa shape index (κ3) is 3.15. The van der Waals surface area contributed by atoms with Crippen LogP contribution >= 0.6 is 11.8 Å². The lowest BCUT2D eigenvalue weighted by molar-refractivity contribution is -0.109. The number of thioether (sulfide) groups is 1. The number of carbonyl (C=O) groups excluding carboxylic acids is 1. The second-order valence-corrected chi connectivity index (χ2v) is 4.81. The Morgan fingerprint density at radius 1 is 1.41 bits per heavy atom. The molecule has 0 saturated heterocycles. The predicted octanol–water partition coefficient (Wildman–Crippen LogP) is 3.45. The van der Waals surface area contributed by atoms with Gasteiger partial charge in [0.25, 0.3) is 0 Å². The van der Waals surface area contributed by atoms with Crippen molar-refractivity contribution < 1.29 is 9.21 Å². The normalized spacial score (nSPS) is 9.94. The number of rotatable bonds is 2. The number of furan rings is 1. The van der Waals surface area contributed by atoms with E-state index in [9.17, 15) is 4.79 Å². The lowest BCUT2D eigenvalue weighted by Crippen LogP contribution is -1.83. The van der Waals surface area contributed by atoms with Gasteiger partial charge < -0.3 is 4.42 Å². The molecule has 86 valence electrons. The summed E-state index contributed by atoms with van der Waals surface area (Å²) in [5.74, 6) is 6.87. The maximum Gasteiger partial charge on any atom is 0.185 e. The maximum atomic E-state index is 10.7. The molecule has 1 heterocycles. The quantitative estimate of drug-likeness (QED) is 0.598. The molecule has 3 heteroatoms. The van der Waals surface area contributed by atoms with Crippen LogP contribution in [-0.2, 0) is 4.79 Å². The van der Waals surface area contributed by atoms with Gasteiger partial charge in [0.1, 0.15) is 11.8 Å². The molecule has 17 heavy (non-hydrogen) atoms. The largest absolute Gasteiger partial charge is 0.463 e. The number of para-hydroxylation sites is 1. The molecule has 1 aromatic heterocycles. The highest BCUT2D eigenvalue weighted by molar-refractivity contribution is 8.13. The zero-order valence-electron chi connectivity index (χ0n) is 9.53. The Labute approximate surface area is 104 Å². The molecule has 0 aliphatic carbocycles. The molecule has 0 bridgehead atoms. The van der Waals surface area contributed by atoms with Crippen LogP contribution in [0.1, 0.15) is 18.9 Å². The molecule has 0 fully saturated rings. The summed E-state index contributed by atoms with van der Waals surface area (Å²) in [7, 11) is 0. The van der Waals surface area contributed by atoms with Gasteiger partial charge in [0, 0.05) is 24.5 Å². The van der Waals surface area contributed by atoms with Crippen molar-refractivity contribution in [2.45, 2.75) is 13.3 Å². The minimum Gasteiger partial charge on any atom is -0.463 e. The highest BCUT2D eigenvalue weighted by Gasteiger charge is 2.00. The van der Waals surface area contributed by atoms with E-state index in [1.165, 1.54) is 11.8 Å². The van der Waals surface area contributed by atoms with Gasteiger partial charge in [-0.25, -0.2) is 0 Å². The monoisotopic (exact) mass is 244 g/mol. The maximum absolute atomic E-state index is 10.7. The Morgan fingerprint density at radius 2 is 2.24 bits per heavy atom. The van der Waals surface area contributed by atoms with Gasteiger partial charge in [-0.2, -0.15) is 0 Å². The van der Waals surface area contributed by atoms with Crippen molar-refractivity contribution in [1.29, 1.82) is 0 Å². The van der Waals surface area contributed by atoms with E-state index in [2.05, 4.69) is 11.8 Å². The molecular weight excluding hydrogens is 232 g/mol. The van der Waals surface area contributed by atoms with Crippen molar-refractivity contribution >= 4 is 27.8 Å². The molecule has 0 amide bonds. The van der Waals surface area contributed by atoms with E-state index in [4.69, 9.17) is 4.42 Å². The fourth-order valence-electron chi connectivity index (χ4n) is 1.48. The molecule has 0 saturated carbocycles. The van der Waals surface area contributed by atoms with E-state index >= 15 is 0 Å². The molecule has 0 aliphatic heterocycles. The third-order valence-electron chi connectivity index (χ3n) is 2.24. The van der Waals surface area contributed by atoms with Gasteiger partial charge in [0.05, 0.1) is 5.56 Å². The van der Waals surface area contributed by atoms with Crippen LogP contribution in [0.2, 0.25) is 0 Å². The van der Waals surface area contributed by atoms with Gasteiger partial charge in [-0.15, -0.1) is 0 Å². The topological polar surface area (TPSA) is 30.2 Å². The molecule has 2 rings (SSSR count). The van der Waals surface area contributed by atoms with Crippen LogP contribution < -0.4 is 0 Å². The van der Waals surface area contributed by atoms with Crippen molar-refractivity contribution in [2.75, 3.05) is 5.75 Å². The number of hydrogen-bond donors (Lipinski definition) is 0. The lowest BCUT2D eigenvalue weighted by atomic mass is 10.2. The first-order valence-corrected chi connectivity index (χ1v) is 6.34. The fourth-order valence-corrected chi connectivity index (χ4v) is 1.97. The number of fused-ring (bicyclic) bond motifs is 1. The Balaban J connectivity index is 2.04. The highest BCUT2D eigenvalue weighted by Crippen LogP contribution is 2.19. The van der Waals surface area contributed by atoms with Crippen LogP contribution in [0.4, 0.5) is 0 Å². The average Bonchev–Trinajstić information content (AvgIpc) is 2.72. The van der Waals surface area contributed by atoms with E-state index in [0.29, 0.717) is 6.42 Å². The van der Waals surface area contributed by atoms with Crippen molar-refractivity contribution in [2.24, 2.45) is 0 Å². The number of hydrogen-bond acceptors (Lipinski definition) is 3. The zero-order valence-corrected chi connectivity index (χ0v) is 10.3. The van der Waals surface area contributed by atoms with Crippen LogP contribution in [0.3, 0.4) is 0 Å². The SMILES string of the molecule is CC(=O)SCCC#Cc1coc2ccccc12. The summed E-state index contributed by atoms with van der Waals surface area (Å²) in [5.41, 5.74) is 1.77. The summed E-state index contributed by atoms with van der Waals surface area (Å²) in [6.07, 6.45) is 2.39. The van der Waals surface area contributed by atoms with Crippen molar-refractivity contribution in [1.82, 2.24) is 0 Å². The number of benzene rings is 1. The summed E-state index contributed by atoms with van der Waals surface area (Å²) >= 11 is 1.31. The summed E-state index contributed by atoms with van der Waals surface area (Å²) in [5, 5.41) is 1.18. The second kappa shape index (κ2) is 5.60. The predicted molar refractivity (Wildman–Crippen MR) is 70.8 cm³/mol. The van der Waals surface area contributed by atoms with Crippen LogP contribution in [0, 0.1) is 11.8 Å². The van der Waals surface area contributed by atoms with Crippen molar-refractivity contribution in [3.63, 3.8) is 0 Å². The van der Waals surface area contributed by atoms with Crippen LogP contribution in [-0.4, -0.2) is 10.9 Å². The van der Waals surface area contributed by atoms with E-state index in [0.717, 1.165) is 22.3 Å². The average molecular weight is 244 g/mol. The standard InChI is InChI=1S/C14H12O2S/c1-11(15)17-9-5-4-6-12-10-16-14-8-3-2-7-13(12)14/h2-3,7-8,10H,5,9H2,1H3. The molecule has 0 aliphatic rings. The van der Waals surface area contributed by atoms with Crippen LogP contribution in [0.5, 0.6) is 0 Å². The third-order valence-corrected chi connectivity index (χ3v) is 3.05. The zero-order chi connectivity index (χ0) is 12.1. The molecule has 0 atom stereocenters. The summed E-state index contributed by atoms with van der Waals surface area (Å²) in [6, 6.07) is 7.82. The summed E-state index contributed by atoms with van der Waals surface area (Å²) in [4.78, 5) is 10.7. The smallest absolute Gasteiger partial charge is 0.185 e. The molecule has 1 aromatic carbocycles. The number of carbonyl (C=O) groups is 1. The van der Waals surface area contributed by atoms with E-state index < -0.39 is 0 Å². The Hall–Kier alpha value is -1.66. The highest BCUT2D eigenvalue weighted by atomic mass is 32.2. The van der Waals surface area contributed by atoms with E-state index in [1.807, 2.05) is 24.3 Å². The first kappa shape index (κ1) is 11.8.